The highest BCUT2D eigenvalue weighted by Gasteiger charge is 2.37. The summed E-state index contributed by atoms with van der Waals surface area (Å²) < 4.78 is 7.45. The van der Waals surface area contributed by atoms with Crippen molar-refractivity contribution in [3.63, 3.8) is 0 Å². The average Bonchev–Trinajstić information content (AvgIpc) is 3.12. The van der Waals surface area contributed by atoms with E-state index in [-0.39, 0.29) is 11.3 Å². The molecule has 7 nitrogen and oxygen atoms in total. The Hall–Kier alpha value is -3.19. The second kappa shape index (κ2) is 11.7. The zero-order valence-corrected chi connectivity index (χ0v) is 23.6. The van der Waals surface area contributed by atoms with Crippen LogP contribution in [0.15, 0.2) is 47.5 Å². The van der Waals surface area contributed by atoms with Gasteiger partial charge in [0.2, 0.25) is 5.91 Å². The number of aromatic nitrogens is 3. The zero-order valence-electron chi connectivity index (χ0n) is 22.8. The maximum absolute atomic E-state index is 10.9. The van der Waals surface area contributed by atoms with Crippen molar-refractivity contribution >= 4 is 23.2 Å². The summed E-state index contributed by atoms with van der Waals surface area (Å²) in [5.41, 5.74) is 8.62. The maximum Gasteiger partial charge on any atom is 0.223 e. The molecule has 2 heterocycles. The Balaban J connectivity index is 0.000000324. The number of primary amides is 1. The molecule has 0 unspecified atom stereocenters. The Kier molecular flexibility index (Phi) is 9.44. The van der Waals surface area contributed by atoms with Crippen LogP contribution in [0.25, 0.3) is 5.69 Å². The third-order valence-electron chi connectivity index (χ3n) is 6.58. The molecule has 1 aliphatic heterocycles. The molecule has 0 aliphatic carbocycles. The Labute approximate surface area is 219 Å². The molecular weight excluding hydrogens is 474 g/mol. The summed E-state index contributed by atoms with van der Waals surface area (Å²) in [6, 6.07) is 13.6. The van der Waals surface area contributed by atoms with Crippen LogP contribution in [0, 0.1) is 17.8 Å². The maximum atomic E-state index is 10.9. The predicted octanol–water partition coefficient (Wildman–Crippen LogP) is 6.16. The first-order chi connectivity index (χ1) is 16.9. The van der Waals surface area contributed by atoms with Gasteiger partial charge in [0, 0.05) is 21.6 Å². The second-order valence-electron chi connectivity index (χ2n) is 9.79. The largest absolute Gasteiger partial charge is 0.497 e. The van der Waals surface area contributed by atoms with Gasteiger partial charge in [-0.3, -0.25) is 14.4 Å². The van der Waals surface area contributed by atoms with Gasteiger partial charge in [0.25, 0.3) is 0 Å². The lowest BCUT2D eigenvalue weighted by molar-refractivity contribution is -0.131. The van der Waals surface area contributed by atoms with E-state index in [0.717, 1.165) is 39.9 Å². The standard InChI is InChI=1S/C18H15ClN4O.C8H17NO.C2H6/c1-11-21-22-17-10-20-18(12-3-5-13(19)6-4-12)15-9-14(24-2)7-8-16(15)23(11)17;1-7(2,3)8(4,5)6(9)10;1-2/h3-9H,10H2,1-2H3;1-5H3,(H2,9,10);1-2H3. The molecule has 0 radical (unpaired) electrons. The number of hydrogen-bond donors (Lipinski definition) is 1. The van der Waals surface area contributed by atoms with Gasteiger partial charge in [-0.1, -0.05) is 72.2 Å². The number of rotatable bonds is 3. The molecule has 194 valence electrons. The van der Waals surface area contributed by atoms with Crippen LogP contribution in [0.4, 0.5) is 0 Å². The first-order valence-corrected chi connectivity index (χ1v) is 12.4. The van der Waals surface area contributed by atoms with E-state index in [1.807, 2.05) is 102 Å². The molecule has 1 aromatic heterocycles. The van der Waals surface area contributed by atoms with E-state index in [4.69, 9.17) is 27.1 Å². The number of fused-ring (bicyclic) bond motifs is 3. The second-order valence-corrected chi connectivity index (χ2v) is 10.2. The number of methoxy groups -OCH3 is 1. The van der Waals surface area contributed by atoms with Crippen molar-refractivity contribution in [3.05, 3.63) is 70.3 Å². The van der Waals surface area contributed by atoms with E-state index in [9.17, 15) is 4.79 Å². The topological polar surface area (TPSA) is 95.4 Å². The lowest BCUT2D eigenvalue weighted by atomic mass is 9.69. The van der Waals surface area contributed by atoms with Crippen molar-refractivity contribution in [3.8, 4) is 11.4 Å². The Morgan fingerprint density at radius 3 is 2.14 bits per heavy atom. The molecular formula is C28H38ClN5O2. The van der Waals surface area contributed by atoms with Crippen molar-refractivity contribution in [1.82, 2.24) is 14.8 Å². The number of aryl methyl sites for hydroxylation is 1. The fourth-order valence-corrected chi connectivity index (χ4v) is 3.43. The molecule has 3 aromatic rings. The lowest BCUT2D eigenvalue weighted by Crippen LogP contribution is -2.42. The van der Waals surface area contributed by atoms with Crippen molar-refractivity contribution in [1.29, 1.82) is 0 Å². The fourth-order valence-electron chi connectivity index (χ4n) is 3.31. The van der Waals surface area contributed by atoms with Gasteiger partial charge in [-0.25, -0.2) is 0 Å². The van der Waals surface area contributed by atoms with Crippen molar-refractivity contribution < 1.29 is 9.53 Å². The van der Waals surface area contributed by atoms with Crippen molar-refractivity contribution in [2.75, 3.05) is 7.11 Å². The van der Waals surface area contributed by atoms with Gasteiger partial charge in [0.1, 0.15) is 18.1 Å². The highest BCUT2D eigenvalue weighted by molar-refractivity contribution is 6.30. The molecule has 0 saturated carbocycles. The number of ether oxygens (including phenoxy) is 1. The van der Waals surface area contributed by atoms with Crippen molar-refractivity contribution in [2.45, 2.75) is 61.9 Å². The zero-order chi connectivity index (χ0) is 27.3. The van der Waals surface area contributed by atoms with E-state index < -0.39 is 5.41 Å². The lowest BCUT2D eigenvalue weighted by Gasteiger charge is -2.35. The number of benzene rings is 2. The van der Waals surface area contributed by atoms with Gasteiger partial charge < -0.3 is 10.5 Å². The van der Waals surface area contributed by atoms with Crippen LogP contribution in [0.2, 0.25) is 5.02 Å². The molecule has 36 heavy (non-hydrogen) atoms. The Morgan fingerprint density at radius 2 is 1.64 bits per heavy atom. The van der Waals surface area contributed by atoms with E-state index in [1.54, 1.807) is 7.11 Å². The number of nitrogens with two attached hydrogens (primary N) is 1. The number of carbonyl (C=O) groups excluding carboxylic acids is 1. The number of hydrogen-bond acceptors (Lipinski definition) is 5. The minimum Gasteiger partial charge on any atom is -0.497 e. The van der Waals surface area contributed by atoms with Crippen LogP contribution < -0.4 is 10.5 Å². The number of carbonyl (C=O) groups is 1. The van der Waals surface area contributed by atoms with Gasteiger partial charge in [0.05, 0.1) is 18.5 Å². The molecule has 2 aromatic carbocycles. The molecule has 0 atom stereocenters. The van der Waals surface area contributed by atoms with Gasteiger partial charge in [-0.2, -0.15) is 0 Å². The van der Waals surface area contributed by atoms with E-state index in [1.165, 1.54) is 0 Å². The number of nitrogens with zero attached hydrogens (tertiary/aromatic N) is 4. The van der Waals surface area contributed by atoms with E-state index in [0.29, 0.717) is 11.6 Å². The third kappa shape index (κ3) is 6.13. The van der Waals surface area contributed by atoms with Crippen molar-refractivity contribution in [2.24, 2.45) is 21.6 Å². The molecule has 0 bridgehead atoms. The van der Waals surface area contributed by atoms with E-state index >= 15 is 0 Å². The Morgan fingerprint density at radius 1 is 1.03 bits per heavy atom. The third-order valence-corrected chi connectivity index (χ3v) is 6.83. The molecule has 1 amide bonds. The van der Waals surface area contributed by atoms with Crippen LogP contribution in [0.5, 0.6) is 5.75 Å². The van der Waals surface area contributed by atoms with Gasteiger partial charge in [-0.05, 0) is 42.7 Å². The molecule has 0 spiro atoms. The molecule has 0 saturated heterocycles. The highest BCUT2D eigenvalue weighted by atomic mass is 35.5. The first kappa shape index (κ1) is 29.0. The van der Waals surface area contributed by atoms with Crippen LogP contribution in [0.1, 0.15) is 71.2 Å². The van der Waals surface area contributed by atoms with Crippen LogP contribution in [-0.4, -0.2) is 33.5 Å². The average molecular weight is 512 g/mol. The molecule has 0 fully saturated rings. The minimum atomic E-state index is -0.424. The number of halogens is 1. The molecule has 8 heteroatoms. The fraction of sp³-hybridized carbons (Fsp3) is 0.429. The smallest absolute Gasteiger partial charge is 0.223 e. The summed E-state index contributed by atoms with van der Waals surface area (Å²) in [6.07, 6.45) is 0. The summed E-state index contributed by atoms with van der Waals surface area (Å²) in [6.45, 7) is 16.2. The minimum absolute atomic E-state index is 0.0567. The highest BCUT2D eigenvalue weighted by Crippen LogP contribution is 2.37. The summed E-state index contributed by atoms with van der Waals surface area (Å²) in [4.78, 5) is 15.7. The quantitative estimate of drug-likeness (QED) is 0.455. The van der Waals surface area contributed by atoms with Gasteiger partial charge in [0.15, 0.2) is 5.82 Å². The first-order valence-electron chi connectivity index (χ1n) is 12.1. The van der Waals surface area contributed by atoms with Crippen LogP contribution in [-0.2, 0) is 11.3 Å². The van der Waals surface area contributed by atoms with E-state index in [2.05, 4.69) is 10.2 Å². The summed E-state index contributed by atoms with van der Waals surface area (Å²) in [7, 11) is 1.66. The normalized spacial score (nSPS) is 12.4. The molecule has 4 rings (SSSR count). The number of aliphatic imine (C=N–C) groups is 1. The van der Waals surface area contributed by atoms with Crippen LogP contribution in [0.3, 0.4) is 0 Å². The Bertz CT molecular complexity index is 1220. The summed E-state index contributed by atoms with van der Waals surface area (Å²) in [5, 5.41) is 9.14. The van der Waals surface area contributed by atoms with Gasteiger partial charge in [-0.15, -0.1) is 10.2 Å². The SMILES string of the molecule is CC.CC(C)(C)C(C)(C)C(N)=O.COc1ccc2c(c1)C(c1ccc(Cl)cc1)=NCc1nnc(C)n1-2. The van der Waals surface area contributed by atoms with Gasteiger partial charge >= 0.3 is 0 Å². The predicted molar refractivity (Wildman–Crippen MR) is 147 cm³/mol. The molecule has 2 N–H and O–H groups in total. The monoisotopic (exact) mass is 511 g/mol. The summed E-state index contributed by atoms with van der Waals surface area (Å²) >= 11 is 6.02. The molecule has 1 aliphatic rings. The number of amides is 1. The summed E-state index contributed by atoms with van der Waals surface area (Å²) in [5.74, 6) is 2.21. The van der Waals surface area contributed by atoms with Crippen LogP contribution >= 0.6 is 11.6 Å².